The number of ether oxygens (including phenoxy) is 1. The van der Waals surface area contributed by atoms with E-state index in [4.69, 9.17) is 22.7 Å². The van der Waals surface area contributed by atoms with Crippen LogP contribution >= 0.6 is 12.2 Å². The largest absolute Gasteiger partial charge is 0.446 e. The lowest BCUT2D eigenvalue weighted by Crippen LogP contribution is -2.18. The Bertz CT molecular complexity index is 389. The van der Waals surface area contributed by atoms with Gasteiger partial charge < -0.3 is 10.5 Å². The van der Waals surface area contributed by atoms with Gasteiger partial charge in [0.25, 0.3) is 0 Å². The predicted octanol–water partition coefficient (Wildman–Crippen LogP) is 1.18. The van der Waals surface area contributed by atoms with E-state index >= 15 is 0 Å². The van der Waals surface area contributed by atoms with Crippen molar-refractivity contribution in [3.8, 4) is 0 Å². The van der Waals surface area contributed by atoms with Crippen LogP contribution in [0.15, 0.2) is 24.3 Å². The SMILES string of the molecule is NC(=S)C1OC(=O)c2ccccc21. The highest BCUT2D eigenvalue weighted by molar-refractivity contribution is 7.80. The molecule has 2 N–H and O–H groups in total. The van der Waals surface area contributed by atoms with Crippen LogP contribution in [-0.2, 0) is 4.74 Å². The second-order valence-corrected chi connectivity index (χ2v) is 3.25. The topological polar surface area (TPSA) is 52.3 Å². The molecule has 3 nitrogen and oxygen atoms in total. The van der Waals surface area contributed by atoms with Crippen molar-refractivity contribution in [2.24, 2.45) is 5.73 Å². The summed E-state index contributed by atoms with van der Waals surface area (Å²) in [5.41, 5.74) is 6.75. The second kappa shape index (κ2) is 2.81. The highest BCUT2D eigenvalue weighted by atomic mass is 32.1. The van der Waals surface area contributed by atoms with E-state index in [0.29, 0.717) is 5.56 Å². The third-order valence-electron chi connectivity index (χ3n) is 1.95. The van der Waals surface area contributed by atoms with E-state index in [1.165, 1.54) is 0 Å². The Balaban J connectivity index is 2.53. The molecule has 2 rings (SSSR count). The molecule has 1 aromatic rings. The van der Waals surface area contributed by atoms with Crippen molar-refractivity contribution >= 4 is 23.2 Å². The minimum atomic E-state index is -0.543. The number of carbonyl (C=O) groups excluding carboxylic acids is 1. The summed E-state index contributed by atoms with van der Waals surface area (Å²) in [6.07, 6.45) is -0.543. The van der Waals surface area contributed by atoms with Gasteiger partial charge in [-0.3, -0.25) is 0 Å². The van der Waals surface area contributed by atoms with E-state index < -0.39 is 6.10 Å². The fourth-order valence-electron chi connectivity index (χ4n) is 1.36. The Morgan fingerprint density at radius 3 is 2.85 bits per heavy atom. The summed E-state index contributed by atoms with van der Waals surface area (Å²) in [4.78, 5) is 11.4. The molecule has 66 valence electrons. The van der Waals surface area contributed by atoms with Gasteiger partial charge in [-0.1, -0.05) is 30.4 Å². The van der Waals surface area contributed by atoms with Crippen molar-refractivity contribution in [1.29, 1.82) is 0 Å². The Hall–Kier alpha value is -1.42. The molecule has 0 bridgehead atoms. The number of esters is 1. The molecule has 13 heavy (non-hydrogen) atoms. The summed E-state index contributed by atoms with van der Waals surface area (Å²) in [6.45, 7) is 0. The third kappa shape index (κ3) is 1.19. The van der Waals surface area contributed by atoms with Crippen molar-refractivity contribution < 1.29 is 9.53 Å². The molecule has 1 heterocycles. The molecule has 1 atom stereocenters. The highest BCUT2D eigenvalue weighted by Crippen LogP contribution is 2.30. The van der Waals surface area contributed by atoms with Gasteiger partial charge in [0, 0.05) is 5.56 Å². The Morgan fingerprint density at radius 1 is 1.46 bits per heavy atom. The first-order chi connectivity index (χ1) is 6.20. The minimum Gasteiger partial charge on any atom is -0.446 e. The van der Waals surface area contributed by atoms with E-state index in [1.807, 2.05) is 6.07 Å². The van der Waals surface area contributed by atoms with Gasteiger partial charge in [0.1, 0.15) is 4.99 Å². The van der Waals surface area contributed by atoms with Crippen LogP contribution in [0, 0.1) is 0 Å². The summed E-state index contributed by atoms with van der Waals surface area (Å²) >= 11 is 4.78. The summed E-state index contributed by atoms with van der Waals surface area (Å²) in [5, 5.41) is 0. The van der Waals surface area contributed by atoms with Gasteiger partial charge in [-0.05, 0) is 6.07 Å². The van der Waals surface area contributed by atoms with Crippen LogP contribution < -0.4 is 5.73 Å². The van der Waals surface area contributed by atoms with Crippen LogP contribution in [0.4, 0.5) is 0 Å². The van der Waals surface area contributed by atoms with E-state index in [-0.39, 0.29) is 11.0 Å². The van der Waals surface area contributed by atoms with E-state index in [1.54, 1.807) is 18.2 Å². The second-order valence-electron chi connectivity index (χ2n) is 2.77. The van der Waals surface area contributed by atoms with Crippen molar-refractivity contribution in [2.45, 2.75) is 6.10 Å². The fourth-order valence-corrected chi connectivity index (χ4v) is 1.53. The molecule has 0 fully saturated rings. The number of benzene rings is 1. The summed E-state index contributed by atoms with van der Waals surface area (Å²) < 4.78 is 4.99. The average molecular weight is 193 g/mol. The number of hydrogen-bond acceptors (Lipinski definition) is 3. The lowest BCUT2D eigenvalue weighted by molar-refractivity contribution is 0.0495. The summed E-state index contributed by atoms with van der Waals surface area (Å²) in [7, 11) is 0. The van der Waals surface area contributed by atoms with Crippen LogP contribution in [-0.4, -0.2) is 11.0 Å². The lowest BCUT2D eigenvalue weighted by Gasteiger charge is -2.06. The first kappa shape index (κ1) is 8.19. The zero-order chi connectivity index (χ0) is 9.42. The molecule has 4 heteroatoms. The summed E-state index contributed by atoms with van der Waals surface area (Å²) in [6, 6.07) is 7.11. The molecule has 1 unspecified atom stereocenters. The molecular formula is C9H7NO2S. The minimum absolute atomic E-state index is 0.193. The molecule has 0 aliphatic carbocycles. The maximum atomic E-state index is 11.2. The zero-order valence-corrected chi connectivity index (χ0v) is 7.51. The van der Waals surface area contributed by atoms with Gasteiger partial charge in [-0.25, -0.2) is 4.79 Å². The maximum absolute atomic E-state index is 11.2. The smallest absolute Gasteiger partial charge is 0.339 e. The van der Waals surface area contributed by atoms with Gasteiger partial charge in [-0.2, -0.15) is 0 Å². The van der Waals surface area contributed by atoms with Gasteiger partial charge in [0.15, 0.2) is 6.10 Å². The Morgan fingerprint density at radius 2 is 2.15 bits per heavy atom. The van der Waals surface area contributed by atoms with Crippen LogP contribution in [0.3, 0.4) is 0 Å². The summed E-state index contributed by atoms with van der Waals surface area (Å²) in [5.74, 6) is -0.353. The first-order valence-electron chi connectivity index (χ1n) is 3.79. The zero-order valence-electron chi connectivity index (χ0n) is 6.69. The van der Waals surface area contributed by atoms with Gasteiger partial charge in [0.05, 0.1) is 5.56 Å². The number of fused-ring (bicyclic) bond motifs is 1. The maximum Gasteiger partial charge on any atom is 0.339 e. The van der Waals surface area contributed by atoms with Crippen molar-refractivity contribution in [3.05, 3.63) is 35.4 Å². The Kier molecular flexibility index (Phi) is 1.77. The van der Waals surface area contributed by atoms with Crippen LogP contribution in [0.25, 0.3) is 0 Å². The Labute approximate surface area is 80.5 Å². The average Bonchev–Trinajstić information content (AvgIpc) is 2.45. The molecule has 0 spiro atoms. The van der Waals surface area contributed by atoms with Crippen molar-refractivity contribution in [3.63, 3.8) is 0 Å². The molecular weight excluding hydrogens is 186 g/mol. The lowest BCUT2D eigenvalue weighted by atomic mass is 10.1. The van der Waals surface area contributed by atoms with Crippen molar-refractivity contribution in [2.75, 3.05) is 0 Å². The number of cyclic esters (lactones) is 1. The fraction of sp³-hybridized carbons (Fsp3) is 0.111. The molecule has 1 aromatic carbocycles. The molecule has 0 saturated heterocycles. The number of hydrogen-bond donors (Lipinski definition) is 1. The van der Waals surface area contributed by atoms with E-state index in [9.17, 15) is 4.79 Å². The van der Waals surface area contributed by atoms with E-state index in [2.05, 4.69) is 0 Å². The number of rotatable bonds is 1. The van der Waals surface area contributed by atoms with Crippen LogP contribution in [0.5, 0.6) is 0 Å². The standard InChI is InChI=1S/C9H7NO2S/c10-8(13)7-5-3-1-2-4-6(5)9(11)12-7/h1-4,7H,(H2,10,13). The van der Waals surface area contributed by atoms with Gasteiger partial charge in [0.2, 0.25) is 0 Å². The van der Waals surface area contributed by atoms with Crippen molar-refractivity contribution in [1.82, 2.24) is 0 Å². The number of nitrogens with two attached hydrogens (primary N) is 1. The van der Waals surface area contributed by atoms with Crippen LogP contribution in [0.2, 0.25) is 0 Å². The molecule has 0 radical (unpaired) electrons. The first-order valence-corrected chi connectivity index (χ1v) is 4.20. The van der Waals surface area contributed by atoms with Crippen LogP contribution in [0.1, 0.15) is 22.0 Å². The van der Waals surface area contributed by atoms with E-state index in [0.717, 1.165) is 5.56 Å². The normalized spacial score (nSPS) is 19.4. The number of carbonyl (C=O) groups is 1. The van der Waals surface area contributed by atoms with Gasteiger partial charge in [-0.15, -0.1) is 0 Å². The molecule has 0 saturated carbocycles. The molecule has 0 aromatic heterocycles. The molecule has 1 aliphatic heterocycles. The third-order valence-corrected chi connectivity index (χ3v) is 2.16. The van der Waals surface area contributed by atoms with Gasteiger partial charge >= 0.3 is 5.97 Å². The number of thiocarbonyl (C=S) groups is 1. The molecule has 1 aliphatic rings. The monoisotopic (exact) mass is 193 g/mol. The highest BCUT2D eigenvalue weighted by Gasteiger charge is 2.32. The quantitative estimate of drug-likeness (QED) is 0.537. The molecule has 0 amide bonds. The predicted molar refractivity (Wildman–Crippen MR) is 51.4 cm³/mol.